The Hall–Kier alpha value is -0.600. The van der Waals surface area contributed by atoms with Crippen molar-refractivity contribution in [2.45, 2.75) is 142 Å². The molecule has 0 aromatic carbocycles. The molecule has 1 N–H and O–H groups in total. The molecule has 0 aromatic rings. The van der Waals surface area contributed by atoms with E-state index in [-0.39, 0.29) is 5.97 Å². The lowest BCUT2D eigenvalue weighted by Gasteiger charge is -2.11. The topological polar surface area (TPSA) is 63.6 Å². The van der Waals surface area contributed by atoms with Gasteiger partial charge in [-0.2, -0.15) is 0 Å². The van der Waals surface area contributed by atoms with E-state index >= 15 is 0 Å². The summed E-state index contributed by atoms with van der Waals surface area (Å²) in [5, 5.41) is 0. The van der Waals surface area contributed by atoms with Gasteiger partial charge in [-0.3, -0.25) is 4.57 Å². The highest BCUT2D eigenvalue weighted by molar-refractivity contribution is 7.57. The zero-order chi connectivity index (χ0) is 24.5. The maximum absolute atomic E-state index is 12.3. The average molecular weight is 487 g/mol. The molecule has 4 nitrogen and oxygen atoms in total. The van der Waals surface area contributed by atoms with Crippen molar-refractivity contribution in [1.82, 2.24) is 0 Å². The highest BCUT2D eigenvalue weighted by atomic mass is 31.2. The molecule has 0 amide bonds. The number of ether oxygens (including phenoxy) is 1. The van der Waals surface area contributed by atoms with Gasteiger partial charge < -0.3 is 9.63 Å². The van der Waals surface area contributed by atoms with Crippen molar-refractivity contribution in [3.8, 4) is 0 Å². The van der Waals surface area contributed by atoms with E-state index in [0.29, 0.717) is 18.9 Å². The SMILES string of the molecule is C=CC(=O)OCCCCCCCP(=O)(O)CCCCCCCCCCCCCCCCCC. The van der Waals surface area contributed by atoms with Gasteiger partial charge in [0.05, 0.1) is 6.61 Å². The van der Waals surface area contributed by atoms with E-state index in [1.165, 1.54) is 96.0 Å². The van der Waals surface area contributed by atoms with Crippen molar-refractivity contribution in [3.05, 3.63) is 12.7 Å². The zero-order valence-electron chi connectivity index (χ0n) is 21.9. The van der Waals surface area contributed by atoms with Crippen LogP contribution in [-0.2, 0) is 14.1 Å². The Morgan fingerprint density at radius 3 is 1.36 bits per heavy atom. The number of hydrogen-bond donors (Lipinski definition) is 1. The molecule has 1 atom stereocenters. The van der Waals surface area contributed by atoms with E-state index in [1.54, 1.807) is 0 Å². The van der Waals surface area contributed by atoms with E-state index in [4.69, 9.17) is 4.74 Å². The van der Waals surface area contributed by atoms with Gasteiger partial charge in [-0.05, 0) is 19.3 Å². The Morgan fingerprint density at radius 1 is 0.667 bits per heavy atom. The predicted octanol–water partition coefficient (Wildman–Crippen LogP) is 9.20. The van der Waals surface area contributed by atoms with E-state index in [2.05, 4.69) is 13.5 Å². The lowest BCUT2D eigenvalue weighted by atomic mass is 10.0. The molecule has 33 heavy (non-hydrogen) atoms. The lowest BCUT2D eigenvalue weighted by molar-refractivity contribution is -0.137. The van der Waals surface area contributed by atoms with E-state index < -0.39 is 7.37 Å². The fraction of sp³-hybridized carbons (Fsp3) is 0.893. The van der Waals surface area contributed by atoms with Crippen LogP contribution in [0, 0.1) is 0 Å². The summed E-state index contributed by atoms with van der Waals surface area (Å²) in [5.74, 6) is -0.370. The Kier molecular flexibility index (Phi) is 24.1. The molecule has 0 rings (SSSR count). The summed E-state index contributed by atoms with van der Waals surface area (Å²) >= 11 is 0. The first-order chi connectivity index (χ1) is 16.0. The second kappa shape index (κ2) is 24.5. The molecule has 196 valence electrons. The molecular formula is C28H55O4P. The number of rotatable bonds is 26. The highest BCUT2D eigenvalue weighted by Crippen LogP contribution is 2.42. The van der Waals surface area contributed by atoms with Gasteiger partial charge in [-0.15, -0.1) is 0 Å². The van der Waals surface area contributed by atoms with Crippen LogP contribution < -0.4 is 0 Å². The molecule has 0 aliphatic heterocycles. The largest absolute Gasteiger partial charge is 0.463 e. The van der Waals surface area contributed by atoms with Crippen LogP contribution in [-0.4, -0.2) is 29.8 Å². The minimum absolute atomic E-state index is 0.370. The number of carbonyl (C=O) groups is 1. The average Bonchev–Trinajstić information content (AvgIpc) is 2.80. The Balaban J connectivity index is 3.32. The van der Waals surface area contributed by atoms with Crippen molar-refractivity contribution in [1.29, 1.82) is 0 Å². The monoisotopic (exact) mass is 486 g/mol. The van der Waals surface area contributed by atoms with E-state index in [9.17, 15) is 14.3 Å². The van der Waals surface area contributed by atoms with Crippen LogP contribution in [0.25, 0.3) is 0 Å². The van der Waals surface area contributed by atoms with E-state index in [0.717, 1.165) is 44.9 Å². The first-order valence-corrected chi connectivity index (χ1v) is 16.1. The summed E-state index contributed by atoms with van der Waals surface area (Å²) in [6, 6.07) is 0. The fourth-order valence-corrected chi connectivity index (χ4v) is 5.90. The molecule has 0 aromatic heterocycles. The Morgan fingerprint density at radius 2 is 1.00 bits per heavy atom. The Bertz CT molecular complexity index is 492. The van der Waals surface area contributed by atoms with Gasteiger partial charge in [0.2, 0.25) is 7.37 Å². The maximum Gasteiger partial charge on any atom is 0.330 e. The van der Waals surface area contributed by atoms with Gasteiger partial charge in [0, 0.05) is 18.4 Å². The lowest BCUT2D eigenvalue weighted by Crippen LogP contribution is -2.01. The first-order valence-electron chi connectivity index (χ1n) is 14.1. The molecular weight excluding hydrogens is 431 g/mol. The molecule has 0 bridgehead atoms. The summed E-state index contributed by atoms with van der Waals surface area (Å²) in [6.45, 7) is 6.07. The summed E-state index contributed by atoms with van der Waals surface area (Å²) in [5.41, 5.74) is 0. The van der Waals surface area contributed by atoms with Crippen LogP contribution in [0.2, 0.25) is 0 Å². The van der Waals surface area contributed by atoms with Crippen LogP contribution in [0.3, 0.4) is 0 Å². The van der Waals surface area contributed by atoms with Gasteiger partial charge in [-0.1, -0.05) is 129 Å². The van der Waals surface area contributed by atoms with Gasteiger partial charge in [0.1, 0.15) is 0 Å². The molecule has 1 unspecified atom stereocenters. The normalized spacial score (nSPS) is 13.0. The van der Waals surface area contributed by atoms with Crippen LogP contribution in [0.5, 0.6) is 0 Å². The number of hydrogen-bond acceptors (Lipinski definition) is 3. The Labute approximate surface area is 205 Å². The molecule has 0 fully saturated rings. The number of carbonyl (C=O) groups excluding carboxylic acids is 1. The first kappa shape index (κ1) is 32.4. The van der Waals surface area contributed by atoms with Gasteiger partial charge in [-0.25, -0.2) is 4.79 Å². The third-order valence-corrected chi connectivity index (χ3v) is 8.45. The van der Waals surface area contributed by atoms with Gasteiger partial charge in [0.15, 0.2) is 0 Å². The third-order valence-electron chi connectivity index (χ3n) is 6.42. The van der Waals surface area contributed by atoms with Crippen molar-refractivity contribution >= 4 is 13.3 Å². The van der Waals surface area contributed by atoms with Gasteiger partial charge >= 0.3 is 5.97 Å². The third kappa shape index (κ3) is 25.9. The van der Waals surface area contributed by atoms with E-state index in [1.807, 2.05) is 0 Å². The molecule has 0 heterocycles. The van der Waals surface area contributed by atoms with Crippen molar-refractivity contribution in [2.24, 2.45) is 0 Å². The zero-order valence-corrected chi connectivity index (χ0v) is 22.8. The maximum atomic E-state index is 12.3. The van der Waals surface area contributed by atoms with Gasteiger partial charge in [0.25, 0.3) is 0 Å². The smallest absolute Gasteiger partial charge is 0.330 e. The second-order valence-electron chi connectivity index (χ2n) is 9.74. The highest BCUT2D eigenvalue weighted by Gasteiger charge is 2.16. The predicted molar refractivity (Wildman–Crippen MR) is 143 cm³/mol. The molecule has 0 spiro atoms. The fourth-order valence-electron chi connectivity index (χ4n) is 4.24. The molecule has 0 radical (unpaired) electrons. The minimum Gasteiger partial charge on any atom is -0.463 e. The molecule has 0 saturated carbocycles. The number of esters is 1. The minimum atomic E-state index is -2.94. The van der Waals surface area contributed by atoms with Crippen LogP contribution >= 0.6 is 7.37 Å². The summed E-state index contributed by atoms with van der Waals surface area (Å²) < 4.78 is 17.2. The van der Waals surface area contributed by atoms with Crippen molar-refractivity contribution in [3.63, 3.8) is 0 Å². The van der Waals surface area contributed by atoms with Crippen molar-refractivity contribution in [2.75, 3.05) is 18.9 Å². The molecule has 5 heteroatoms. The molecule has 0 aliphatic carbocycles. The summed E-state index contributed by atoms with van der Waals surface area (Å²) in [4.78, 5) is 21.1. The van der Waals surface area contributed by atoms with Crippen molar-refractivity contribution < 1.29 is 19.0 Å². The molecule has 0 aliphatic rings. The van der Waals surface area contributed by atoms with Crippen LogP contribution in [0.15, 0.2) is 12.7 Å². The standard InChI is InChI=1S/C28H55O4P/c1-3-5-6-7-8-9-10-11-12-13-14-15-16-17-20-23-26-33(30,31)27-24-21-18-19-22-25-32-28(29)4-2/h4H,2-3,5-27H2,1H3,(H,30,31). The van der Waals surface area contributed by atoms with Crippen LogP contribution in [0.1, 0.15) is 142 Å². The summed E-state index contributed by atoms with van der Waals surface area (Å²) in [6.07, 6.45) is 27.9. The quantitative estimate of drug-likeness (QED) is 0.0573. The van der Waals surface area contributed by atoms with Crippen LogP contribution in [0.4, 0.5) is 0 Å². The summed E-state index contributed by atoms with van der Waals surface area (Å²) in [7, 11) is -2.94. The second-order valence-corrected chi connectivity index (χ2v) is 12.3. The number of unbranched alkanes of at least 4 members (excludes halogenated alkanes) is 19. The molecule has 0 saturated heterocycles.